The molecule has 1 N–H and O–H groups in total. The Hall–Kier alpha value is -1.87. The molecule has 0 unspecified atom stereocenters. The minimum atomic E-state index is 0.660. The number of pyridine rings is 1. The van der Waals surface area contributed by atoms with Crippen molar-refractivity contribution in [2.24, 2.45) is 0 Å². The molecule has 1 heterocycles. The summed E-state index contributed by atoms with van der Waals surface area (Å²) in [6.07, 6.45) is 1.13. The molecule has 21 heavy (non-hydrogen) atoms. The second-order valence-corrected chi connectivity index (χ2v) is 5.56. The molecule has 1 aromatic heterocycles. The highest BCUT2D eigenvalue weighted by atomic mass is 16.5. The van der Waals surface area contributed by atoms with E-state index in [9.17, 15) is 0 Å². The van der Waals surface area contributed by atoms with Gasteiger partial charge in [-0.2, -0.15) is 0 Å². The summed E-state index contributed by atoms with van der Waals surface area (Å²) in [5, 5.41) is 3.40. The predicted molar refractivity (Wildman–Crippen MR) is 87.0 cm³/mol. The van der Waals surface area contributed by atoms with Crippen molar-refractivity contribution < 1.29 is 4.74 Å². The molecule has 0 aliphatic heterocycles. The fourth-order valence-corrected chi connectivity index (χ4v) is 2.38. The summed E-state index contributed by atoms with van der Waals surface area (Å²) in [4.78, 5) is 4.47. The standard InChI is InChI=1S/C18H24N2O/c1-5-6-19-12-16-10-15(4)20-18(11-16)21-17-8-13(2)7-14(3)9-17/h7-11,19H,5-6,12H2,1-4H3. The van der Waals surface area contributed by atoms with Crippen molar-refractivity contribution in [2.45, 2.75) is 40.7 Å². The van der Waals surface area contributed by atoms with Crippen molar-refractivity contribution in [3.8, 4) is 11.6 Å². The van der Waals surface area contributed by atoms with Gasteiger partial charge in [0.1, 0.15) is 5.75 Å². The van der Waals surface area contributed by atoms with Crippen molar-refractivity contribution in [3.63, 3.8) is 0 Å². The molecule has 3 nitrogen and oxygen atoms in total. The fourth-order valence-electron chi connectivity index (χ4n) is 2.38. The Bertz CT molecular complexity index is 588. The van der Waals surface area contributed by atoms with Crippen LogP contribution in [0.3, 0.4) is 0 Å². The summed E-state index contributed by atoms with van der Waals surface area (Å²) >= 11 is 0. The SMILES string of the molecule is CCCNCc1cc(C)nc(Oc2cc(C)cc(C)c2)c1. The van der Waals surface area contributed by atoms with Crippen molar-refractivity contribution in [3.05, 3.63) is 52.7 Å². The Morgan fingerprint density at radius 3 is 2.38 bits per heavy atom. The van der Waals surface area contributed by atoms with E-state index < -0.39 is 0 Å². The average molecular weight is 284 g/mol. The molecule has 0 aliphatic rings. The lowest BCUT2D eigenvalue weighted by molar-refractivity contribution is 0.459. The van der Waals surface area contributed by atoms with Crippen molar-refractivity contribution in [2.75, 3.05) is 6.54 Å². The molecule has 2 aromatic rings. The van der Waals surface area contributed by atoms with Crippen LogP contribution in [0.2, 0.25) is 0 Å². The van der Waals surface area contributed by atoms with E-state index in [1.807, 2.05) is 25.1 Å². The highest BCUT2D eigenvalue weighted by Crippen LogP contribution is 2.23. The molecule has 0 saturated carbocycles. The quantitative estimate of drug-likeness (QED) is 0.803. The largest absolute Gasteiger partial charge is 0.439 e. The van der Waals surface area contributed by atoms with Gasteiger partial charge in [-0.3, -0.25) is 0 Å². The number of nitrogens with one attached hydrogen (secondary N) is 1. The van der Waals surface area contributed by atoms with Gasteiger partial charge < -0.3 is 10.1 Å². The van der Waals surface area contributed by atoms with Crippen LogP contribution in [0, 0.1) is 20.8 Å². The van der Waals surface area contributed by atoms with Gasteiger partial charge in [-0.15, -0.1) is 0 Å². The summed E-state index contributed by atoms with van der Waals surface area (Å²) in [6.45, 7) is 10.2. The van der Waals surface area contributed by atoms with E-state index in [4.69, 9.17) is 4.74 Å². The van der Waals surface area contributed by atoms with Crippen LogP contribution < -0.4 is 10.1 Å². The number of hydrogen-bond acceptors (Lipinski definition) is 3. The lowest BCUT2D eigenvalue weighted by Crippen LogP contribution is -2.14. The van der Waals surface area contributed by atoms with Gasteiger partial charge in [0.05, 0.1) is 0 Å². The Balaban J connectivity index is 2.15. The van der Waals surface area contributed by atoms with E-state index >= 15 is 0 Å². The Morgan fingerprint density at radius 2 is 1.71 bits per heavy atom. The fraction of sp³-hybridized carbons (Fsp3) is 0.389. The number of aromatic nitrogens is 1. The van der Waals surface area contributed by atoms with Gasteiger partial charge in [0, 0.05) is 18.3 Å². The maximum absolute atomic E-state index is 5.93. The van der Waals surface area contributed by atoms with Crippen LogP contribution in [0.25, 0.3) is 0 Å². The number of benzene rings is 1. The van der Waals surface area contributed by atoms with Gasteiger partial charge >= 0.3 is 0 Å². The lowest BCUT2D eigenvalue weighted by atomic mass is 10.1. The number of nitrogens with zero attached hydrogens (tertiary/aromatic N) is 1. The zero-order valence-corrected chi connectivity index (χ0v) is 13.4. The minimum Gasteiger partial charge on any atom is -0.439 e. The molecule has 112 valence electrons. The van der Waals surface area contributed by atoms with Crippen LogP contribution in [0.5, 0.6) is 11.6 Å². The second-order valence-electron chi connectivity index (χ2n) is 5.56. The van der Waals surface area contributed by atoms with Crippen LogP contribution in [0.1, 0.15) is 35.7 Å². The summed E-state index contributed by atoms with van der Waals surface area (Å²) in [5.41, 5.74) is 4.57. The van der Waals surface area contributed by atoms with Crippen LogP contribution in [-0.2, 0) is 6.54 Å². The number of aryl methyl sites for hydroxylation is 3. The third-order valence-electron chi connectivity index (χ3n) is 3.16. The molecule has 3 heteroatoms. The molecular formula is C18H24N2O. The highest BCUT2D eigenvalue weighted by Gasteiger charge is 2.04. The van der Waals surface area contributed by atoms with Gasteiger partial charge in [-0.25, -0.2) is 4.98 Å². The summed E-state index contributed by atoms with van der Waals surface area (Å²) < 4.78 is 5.93. The number of ether oxygens (including phenoxy) is 1. The second kappa shape index (κ2) is 7.23. The maximum atomic E-state index is 5.93. The van der Waals surface area contributed by atoms with Gasteiger partial charge in [0.2, 0.25) is 5.88 Å². The van der Waals surface area contributed by atoms with Gasteiger partial charge in [0.15, 0.2) is 0 Å². The third kappa shape index (κ3) is 4.87. The lowest BCUT2D eigenvalue weighted by Gasteiger charge is -2.10. The molecule has 0 atom stereocenters. The number of hydrogen-bond donors (Lipinski definition) is 1. The van der Waals surface area contributed by atoms with E-state index in [0.717, 1.165) is 31.0 Å². The summed E-state index contributed by atoms with van der Waals surface area (Å²) in [5.74, 6) is 1.51. The van der Waals surface area contributed by atoms with Crippen LogP contribution >= 0.6 is 0 Å². The first-order valence-electron chi connectivity index (χ1n) is 7.51. The molecule has 0 fully saturated rings. The Labute approximate surface area is 127 Å². The Kier molecular flexibility index (Phi) is 5.34. The van der Waals surface area contributed by atoms with Gasteiger partial charge in [-0.1, -0.05) is 13.0 Å². The molecule has 0 amide bonds. The van der Waals surface area contributed by atoms with E-state index in [1.54, 1.807) is 0 Å². The Morgan fingerprint density at radius 1 is 1.00 bits per heavy atom. The van der Waals surface area contributed by atoms with Crippen molar-refractivity contribution in [1.82, 2.24) is 10.3 Å². The normalized spacial score (nSPS) is 10.7. The predicted octanol–water partition coefficient (Wildman–Crippen LogP) is 4.30. The van der Waals surface area contributed by atoms with Gasteiger partial charge in [-0.05, 0) is 68.6 Å². The van der Waals surface area contributed by atoms with Crippen molar-refractivity contribution in [1.29, 1.82) is 0 Å². The van der Waals surface area contributed by atoms with E-state index in [0.29, 0.717) is 5.88 Å². The minimum absolute atomic E-state index is 0.660. The molecular weight excluding hydrogens is 260 g/mol. The monoisotopic (exact) mass is 284 g/mol. The van der Waals surface area contributed by atoms with E-state index in [-0.39, 0.29) is 0 Å². The zero-order valence-electron chi connectivity index (χ0n) is 13.4. The molecule has 1 aromatic carbocycles. The first-order chi connectivity index (χ1) is 10.1. The first kappa shape index (κ1) is 15.5. The van der Waals surface area contributed by atoms with Crippen molar-refractivity contribution >= 4 is 0 Å². The third-order valence-corrected chi connectivity index (χ3v) is 3.16. The molecule has 2 rings (SSSR count). The highest BCUT2D eigenvalue weighted by molar-refractivity contribution is 5.36. The van der Waals surface area contributed by atoms with Crippen LogP contribution in [-0.4, -0.2) is 11.5 Å². The smallest absolute Gasteiger partial charge is 0.219 e. The van der Waals surface area contributed by atoms with Crippen LogP contribution in [0.15, 0.2) is 30.3 Å². The molecule has 0 spiro atoms. The molecule has 0 bridgehead atoms. The maximum Gasteiger partial charge on any atom is 0.219 e. The van der Waals surface area contributed by atoms with E-state index in [2.05, 4.69) is 43.2 Å². The number of rotatable bonds is 6. The zero-order chi connectivity index (χ0) is 15.2. The summed E-state index contributed by atoms with van der Waals surface area (Å²) in [6, 6.07) is 10.3. The van der Waals surface area contributed by atoms with E-state index in [1.165, 1.54) is 16.7 Å². The summed E-state index contributed by atoms with van der Waals surface area (Å²) in [7, 11) is 0. The molecule has 0 saturated heterocycles. The topological polar surface area (TPSA) is 34.2 Å². The van der Waals surface area contributed by atoms with Crippen LogP contribution in [0.4, 0.5) is 0 Å². The average Bonchev–Trinajstić information content (AvgIpc) is 2.37. The molecule has 0 aliphatic carbocycles. The van der Waals surface area contributed by atoms with Gasteiger partial charge in [0.25, 0.3) is 0 Å². The molecule has 0 radical (unpaired) electrons. The first-order valence-corrected chi connectivity index (χ1v) is 7.51.